The average molecular weight is 657 g/mol. The van der Waals surface area contributed by atoms with Crippen LogP contribution in [-0.2, 0) is 9.59 Å². The second-order valence-electron chi connectivity index (χ2n) is 11.5. The van der Waals surface area contributed by atoms with Crippen molar-refractivity contribution in [1.82, 2.24) is 4.98 Å². The maximum absolute atomic E-state index is 13.5. The number of nitrogens with two attached hydrogens (primary N) is 2. The SMILES string of the molecule is CC1CCC(C(=O)N(c2cc(-c3ccc(NC(=O)c4cscn4)cc3)sc2C(=O)[O-])C(C)C)CC1.NCCCC[C@H](N)C(=O)O. The van der Waals surface area contributed by atoms with Gasteiger partial charge in [0.05, 0.1) is 22.0 Å². The molecule has 244 valence electrons. The number of nitrogens with one attached hydrogen (secondary N) is 1. The lowest BCUT2D eigenvalue weighted by molar-refractivity contribution is -0.254. The van der Waals surface area contributed by atoms with Crippen LogP contribution in [0.4, 0.5) is 11.4 Å². The summed E-state index contributed by atoms with van der Waals surface area (Å²) in [5.41, 5.74) is 14.2. The highest BCUT2D eigenvalue weighted by molar-refractivity contribution is 7.18. The Morgan fingerprint density at radius 3 is 2.31 bits per heavy atom. The molecule has 0 saturated heterocycles. The van der Waals surface area contributed by atoms with Gasteiger partial charge in [0.1, 0.15) is 11.7 Å². The van der Waals surface area contributed by atoms with Crippen LogP contribution in [0.25, 0.3) is 10.4 Å². The van der Waals surface area contributed by atoms with E-state index in [1.165, 1.54) is 11.3 Å². The number of aliphatic carboxylic acids is 1. The lowest BCUT2D eigenvalue weighted by Gasteiger charge is -2.33. The Morgan fingerprint density at radius 1 is 1.11 bits per heavy atom. The summed E-state index contributed by atoms with van der Waals surface area (Å²) in [5.74, 6) is -2.01. The van der Waals surface area contributed by atoms with E-state index in [1.54, 1.807) is 34.0 Å². The third-order valence-corrected chi connectivity index (χ3v) is 9.39. The first kappa shape index (κ1) is 35.8. The summed E-state index contributed by atoms with van der Waals surface area (Å²) in [4.78, 5) is 54.3. The molecule has 2 amide bonds. The van der Waals surface area contributed by atoms with Gasteiger partial charge in [-0.3, -0.25) is 14.4 Å². The third kappa shape index (κ3) is 10.2. The molecule has 3 aromatic rings. The molecule has 11 nitrogen and oxygen atoms in total. The normalized spacial score (nSPS) is 16.8. The van der Waals surface area contributed by atoms with Gasteiger partial charge in [-0.2, -0.15) is 0 Å². The maximum Gasteiger partial charge on any atom is 0.320 e. The van der Waals surface area contributed by atoms with Crippen molar-refractivity contribution in [2.75, 3.05) is 16.8 Å². The number of thiophene rings is 1. The van der Waals surface area contributed by atoms with E-state index in [0.29, 0.717) is 40.8 Å². The van der Waals surface area contributed by atoms with Crippen molar-refractivity contribution in [1.29, 1.82) is 0 Å². The quantitative estimate of drug-likeness (QED) is 0.202. The number of thiazole rings is 1. The summed E-state index contributed by atoms with van der Waals surface area (Å²) < 4.78 is 0. The number of hydrogen-bond acceptors (Lipinski definition) is 10. The molecule has 1 aliphatic rings. The van der Waals surface area contributed by atoms with Crippen LogP contribution in [-0.4, -0.2) is 52.5 Å². The molecule has 1 atom stereocenters. The van der Waals surface area contributed by atoms with Crippen LogP contribution >= 0.6 is 22.7 Å². The van der Waals surface area contributed by atoms with Crippen molar-refractivity contribution < 1.29 is 29.4 Å². The molecular formula is C32H42N5O6S2-. The third-order valence-electron chi connectivity index (χ3n) is 7.66. The molecule has 0 spiro atoms. The Bertz CT molecular complexity index is 1420. The molecule has 1 saturated carbocycles. The summed E-state index contributed by atoms with van der Waals surface area (Å²) in [7, 11) is 0. The Hall–Kier alpha value is -3.65. The van der Waals surface area contributed by atoms with Gasteiger partial charge in [-0.15, -0.1) is 22.7 Å². The van der Waals surface area contributed by atoms with Gasteiger partial charge < -0.3 is 36.7 Å². The van der Waals surface area contributed by atoms with Gasteiger partial charge >= 0.3 is 5.97 Å². The number of nitrogens with zero attached hydrogens (tertiary/aromatic N) is 2. The van der Waals surface area contributed by atoms with Gasteiger partial charge in [0.25, 0.3) is 5.91 Å². The van der Waals surface area contributed by atoms with Crippen LogP contribution < -0.4 is 26.8 Å². The van der Waals surface area contributed by atoms with Crippen LogP contribution in [0.3, 0.4) is 0 Å². The average Bonchev–Trinajstić information content (AvgIpc) is 3.70. The fourth-order valence-corrected chi connectivity index (χ4v) is 6.60. The molecule has 1 fully saturated rings. The highest BCUT2D eigenvalue weighted by Gasteiger charge is 2.32. The lowest BCUT2D eigenvalue weighted by Crippen LogP contribution is -2.43. The zero-order chi connectivity index (χ0) is 33.1. The van der Waals surface area contributed by atoms with E-state index >= 15 is 0 Å². The molecule has 13 heteroatoms. The fraction of sp³-hybridized carbons (Fsp3) is 0.469. The summed E-state index contributed by atoms with van der Waals surface area (Å²) in [6, 6.07) is 8.00. The number of anilines is 2. The van der Waals surface area contributed by atoms with Crippen LogP contribution in [0.1, 0.15) is 85.9 Å². The van der Waals surface area contributed by atoms with Gasteiger partial charge in [-0.25, -0.2) is 4.98 Å². The van der Waals surface area contributed by atoms with Crippen molar-refractivity contribution in [2.24, 2.45) is 23.3 Å². The second kappa shape index (κ2) is 17.2. The first-order chi connectivity index (χ1) is 21.4. The van der Waals surface area contributed by atoms with Crippen LogP contribution in [0.5, 0.6) is 0 Å². The molecule has 0 aliphatic heterocycles. The zero-order valence-corrected chi connectivity index (χ0v) is 27.5. The zero-order valence-electron chi connectivity index (χ0n) is 25.9. The van der Waals surface area contributed by atoms with E-state index in [0.717, 1.165) is 55.4 Å². The van der Waals surface area contributed by atoms with Gasteiger partial charge in [0.15, 0.2) is 0 Å². The Labute approximate surface area is 271 Å². The van der Waals surface area contributed by atoms with Crippen molar-refractivity contribution in [3.05, 3.63) is 51.8 Å². The van der Waals surface area contributed by atoms with Crippen LogP contribution in [0.15, 0.2) is 41.2 Å². The molecule has 0 unspecified atom stereocenters. The molecule has 0 radical (unpaired) electrons. The molecule has 2 aromatic heterocycles. The molecule has 45 heavy (non-hydrogen) atoms. The Morgan fingerprint density at radius 2 is 1.78 bits per heavy atom. The number of aromatic nitrogens is 1. The van der Waals surface area contributed by atoms with Gasteiger partial charge in [0.2, 0.25) is 5.91 Å². The number of benzene rings is 1. The Balaban J connectivity index is 0.000000477. The Kier molecular flexibility index (Phi) is 13.7. The number of carboxylic acid groups (broad SMARTS) is 2. The number of carboxylic acids is 2. The minimum absolute atomic E-state index is 0.0150. The van der Waals surface area contributed by atoms with Gasteiger partial charge in [-0.05, 0) is 88.6 Å². The maximum atomic E-state index is 13.5. The van der Waals surface area contributed by atoms with E-state index in [1.807, 2.05) is 26.0 Å². The first-order valence-electron chi connectivity index (χ1n) is 15.1. The standard InChI is InChI=1S/C26H29N3O4S2.C6H14N2O2/c1-15(2)29(25(31)18-6-4-16(3)5-7-18)21-12-22(35-23(21)26(32)33)17-8-10-19(11-9-17)28-24(30)20-13-34-14-27-20;7-4-2-1-3-5(8)6(9)10/h8-16,18H,4-7H2,1-3H3,(H,28,30)(H,32,33);5H,1-4,7-8H2,(H,9,10)/p-1/t;5-/m.0/s1. The number of hydrogen-bond donors (Lipinski definition) is 4. The van der Waals surface area contributed by atoms with Crippen LogP contribution in [0.2, 0.25) is 0 Å². The summed E-state index contributed by atoms with van der Waals surface area (Å²) in [6.45, 7) is 6.61. The first-order valence-corrected chi connectivity index (χ1v) is 16.9. The van der Waals surface area contributed by atoms with Crippen molar-refractivity contribution >= 4 is 57.8 Å². The number of carbonyl (C=O) groups excluding carboxylic acids is 3. The summed E-state index contributed by atoms with van der Waals surface area (Å²) in [6.07, 6.45) is 5.84. The van der Waals surface area contributed by atoms with E-state index < -0.39 is 18.0 Å². The number of carbonyl (C=O) groups is 4. The molecule has 0 bridgehead atoms. The summed E-state index contributed by atoms with van der Waals surface area (Å²) in [5, 5.41) is 24.8. The number of rotatable bonds is 12. The monoisotopic (exact) mass is 656 g/mol. The van der Waals surface area contributed by atoms with Crippen LogP contribution in [0, 0.1) is 11.8 Å². The molecule has 4 rings (SSSR count). The van der Waals surface area contributed by atoms with E-state index in [-0.39, 0.29) is 28.7 Å². The predicted octanol–water partition coefficient (Wildman–Crippen LogP) is 4.58. The van der Waals surface area contributed by atoms with Gasteiger partial charge in [0, 0.05) is 27.9 Å². The van der Waals surface area contributed by atoms with Crippen molar-refractivity contribution in [3.8, 4) is 10.4 Å². The minimum atomic E-state index is -1.29. The summed E-state index contributed by atoms with van der Waals surface area (Å²) >= 11 is 2.44. The minimum Gasteiger partial charge on any atom is -0.544 e. The van der Waals surface area contributed by atoms with Gasteiger partial charge in [-0.1, -0.05) is 25.5 Å². The van der Waals surface area contributed by atoms with Crippen molar-refractivity contribution in [3.63, 3.8) is 0 Å². The molecule has 2 heterocycles. The van der Waals surface area contributed by atoms with E-state index in [9.17, 15) is 24.3 Å². The predicted molar refractivity (Wildman–Crippen MR) is 176 cm³/mol. The molecule has 6 N–H and O–H groups in total. The largest absolute Gasteiger partial charge is 0.544 e. The second-order valence-corrected chi connectivity index (χ2v) is 13.3. The fourth-order valence-electron chi connectivity index (χ4n) is 5.07. The van der Waals surface area contributed by atoms with E-state index in [2.05, 4.69) is 17.2 Å². The molecule has 1 aliphatic carbocycles. The van der Waals surface area contributed by atoms with E-state index in [4.69, 9.17) is 16.6 Å². The van der Waals surface area contributed by atoms with Crippen molar-refractivity contribution in [2.45, 2.75) is 77.8 Å². The highest BCUT2D eigenvalue weighted by Crippen LogP contribution is 2.40. The lowest BCUT2D eigenvalue weighted by atomic mass is 9.82. The molecular weight excluding hydrogens is 615 g/mol. The molecule has 1 aromatic carbocycles. The number of unbranched alkanes of at least 4 members (excludes halogenated alkanes) is 1. The highest BCUT2D eigenvalue weighted by atomic mass is 32.1. The topological polar surface area (TPSA) is 192 Å². The number of amides is 2. The number of aromatic carboxylic acids is 1. The smallest absolute Gasteiger partial charge is 0.320 e.